The van der Waals surface area contributed by atoms with Gasteiger partial charge in [0.25, 0.3) is 0 Å². The molecule has 0 bridgehead atoms. The molecule has 1 aliphatic rings. The molecule has 0 aromatic carbocycles. The topological polar surface area (TPSA) is 3.01 Å². The molecule has 0 aliphatic carbocycles. The Kier molecular flexibility index (Phi) is 1.08. The number of hydrogen-bond acceptors (Lipinski definition) is 1. The van der Waals surface area contributed by atoms with Crippen LogP contribution in [0.2, 0.25) is 0 Å². The Hall–Kier alpha value is -0.0400. The van der Waals surface area contributed by atoms with Gasteiger partial charge >= 0.3 is 0 Å². The van der Waals surface area contributed by atoms with Gasteiger partial charge in [-0.2, -0.15) is 0 Å². The molecule has 1 fully saturated rings. The van der Waals surface area contributed by atoms with Crippen molar-refractivity contribution in [3.8, 4) is 0 Å². The van der Waals surface area contributed by atoms with E-state index in [1.807, 2.05) is 0 Å². The van der Waals surface area contributed by atoms with Gasteiger partial charge in [-0.1, -0.05) is 13.8 Å². The molecule has 0 amide bonds. The summed E-state index contributed by atoms with van der Waals surface area (Å²) in [7, 11) is 2.17. The van der Waals surface area contributed by atoms with Crippen LogP contribution in [0.1, 0.15) is 13.8 Å². The van der Waals surface area contributed by atoms with E-state index in [9.17, 15) is 0 Å². The lowest BCUT2D eigenvalue weighted by Crippen LogP contribution is -2.01. The van der Waals surface area contributed by atoms with E-state index >= 15 is 0 Å². The molecular formula is C6H13N. The molecule has 1 heteroatoms. The van der Waals surface area contributed by atoms with E-state index in [1.165, 1.54) is 6.54 Å². The molecule has 1 unspecified atom stereocenters. The van der Waals surface area contributed by atoms with Crippen molar-refractivity contribution in [1.29, 1.82) is 0 Å². The van der Waals surface area contributed by atoms with E-state index < -0.39 is 0 Å². The average Bonchev–Trinajstić information content (AvgIpc) is 2.17. The fourth-order valence-electron chi connectivity index (χ4n) is 0.968. The molecule has 7 heavy (non-hydrogen) atoms. The van der Waals surface area contributed by atoms with Gasteiger partial charge in [-0.05, 0) is 13.0 Å². The standard InChI is InChI=1S/C6H13N/c1-5(2)6-4-7(6)3/h5-6H,4H2,1-3H3/t6-,7?/m1/s1. The van der Waals surface area contributed by atoms with Crippen LogP contribution in [-0.2, 0) is 0 Å². The summed E-state index contributed by atoms with van der Waals surface area (Å²) in [4.78, 5) is 2.37. The normalized spacial score (nSPS) is 39.4. The zero-order valence-corrected chi connectivity index (χ0v) is 5.31. The van der Waals surface area contributed by atoms with Gasteiger partial charge in [0.1, 0.15) is 0 Å². The quantitative estimate of drug-likeness (QED) is 0.442. The first-order valence-corrected chi connectivity index (χ1v) is 2.92. The fourth-order valence-corrected chi connectivity index (χ4v) is 0.968. The Morgan fingerprint density at radius 1 is 1.57 bits per heavy atom. The van der Waals surface area contributed by atoms with Crippen LogP contribution in [0.3, 0.4) is 0 Å². The molecule has 1 aliphatic heterocycles. The smallest absolute Gasteiger partial charge is 0.0243 e. The second-order valence-electron chi connectivity index (χ2n) is 2.75. The molecule has 0 aromatic heterocycles. The highest BCUT2D eigenvalue weighted by Gasteiger charge is 2.31. The second kappa shape index (κ2) is 1.48. The lowest BCUT2D eigenvalue weighted by Gasteiger charge is -1.97. The van der Waals surface area contributed by atoms with Crippen molar-refractivity contribution in [2.75, 3.05) is 13.6 Å². The summed E-state index contributed by atoms with van der Waals surface area (Å²) < 4.78 is 0. The zero-order valence-electron chi connectivity index (χ0n) is 5.31. The highest BCUT2D eigenvalue weighted by Crippen LogP contribution is 2.21. The summed E-state index contributed by atoms with van der Waals surface area (Å²) in [6, 6.07) is 0.903. The zero-order chi connectivity index (χ0) is 5.44. The van der Waals surface area contributed by atoms with Gasteiger partial charge in [0.15, 0.2) is 0 Å². The summed E-state index contributed by atoms with van der Waals surface area (Å²) in [5, 5.41) is 0. The SMILES string of the molecule is CC(C)[C@H]1CN1C. The van der Waals surface area contributed by atoms with Crippen LogP contribution in [-0.4, -0.2) is 24.5 Å². The molecule has 0 saturated carbocycles. The predicted molar refractivity (Wildman–Crippen MR) is 31.3 cm³/mol. The molecule has 0 N–H and O–H groups in total. The monoisotopic (exact) mass is 99.1 g/mol. The number of likely N-dealkylation sites (N-methyl/N-ethyl adjacent to an activating group) is 1. The third-order valence-corrected chi connectivity index (χ3v) is 1.68. The Morgan fingerprint density at radius 2 is 2.00 bits per heavy atom. The van der Waals surface area contributed by atoms with Gasteiger partial charge < -0.3 is 4.90 Å². The van der Waals surface area contributed by atoms with Crippen LogP contribution >= 0.6 is 0 Å². The van der Waals surface area contributed by atoms with Gasteiger partial charge in [0, 0.05) is 12.6 Å². The summed E-state index contributed by atoms with van der Waals surface area (Å²) in [6.45, 7) is 5.86. The minimum Gasteiger partial charge on any atom is -0.300 e. The number of rotatable bonds is 1. The van der Waals surface area contributed by atoms with Crippen molar-refractivity contribution in [3.05, 3.63) is 0 Å². The summed E-state index contributed by atoms with van der Waals surface area (Å²) in [6.07, 6.45) is 0. The van der Waals surface area contributed by atoms with Crippen LogP contribution < -0.4 is 0 Å². The first-order chi connectivity index (χ1) is 3.22. The molecule has 0 aromatic rings. The summed E-state index contributed by atoms with van der Waals surface area (Å²) >= 11 is 0. The third-order valence-electron chi connectivity index (χ3n) is 1.68. The molecule has 1 heterocycles. The third kappa shape index (κ3) is 0.942. The minimum absolute atomic E-state index is 0.866. The van der Waals surface area contributed by atoms with Gasteiger partial charge in [-0.3, -0.25) is 0 Å². The van der Waals surface area contributed by atoms with Crippen LogP contribution in [0.5, 0.6) is 0 Å². The highest BCUT2D eigenvalue weighted by atomic mass is 15.3. The molecule has 42 valence electrons. The predicted octanol–water partition coefficient (Wildman–Crippen LogP) is 0.956. The van der Waals surface area contributed by atoms with Gasteiger partial charge in [-0.25, -0.2) is 0 Å². The van der Waals surface area contributed by atoms with Crippen molar-refractivity contribution >= 4 is 0 Å². The number of hydrogen-bond donors (Lipinski definition) is 0. The first kappa shape index (κ1) is 5.10. The van der Waals surface area contributed by atoms with E-state index in [1.54, 1.807) is 0 Å². The molecule has 1 nitrogen and oxygen atoms in total. The molecule has 1 rings (SSSR count). The van der Waals surface area contributed by atoms with Crippen LogP contribution in [0.4, 0.5) is 0 Å². The first-order valence-electron chi connectivity index (χ1n) is 2.92. The van der Waals surface area contributed by atoms with Crippen LogP contribution in [0.15, 0.2) is 0 Å². The maximum atomic E-state index is 2.37. The fraction of sp³-hybridized carbons (Fsp3) is 1.00. The Balaban J connectivity index is 2.20. The van der Waals surface area contributed by atoms with Crippen molar-refractivity contribution in [1.82, 2.24) is 4.90 Å². The molecular weight excluding hydrogens is 86.1 g/mol. The maximum absolute atomic E-state index is 2.37. The highest BCUT2D eigenvalue weighted by molar-refractivity contribution is 4.87. The molecule has 2 atom stereocenters. The molecule has 1 saturated heterocycles. The van der Waals surface area contributed by atoms with Crippen molar-refractivity contribution in [3.63, 3.8) is 0 Å². The van der Waals surface area contributed by atoms with Crippen molar-refractivity contribution in [2.45, 2.75) is 19.9 Å². The Bertz CT molecular complexity index is 68.6. The molecule has 0 spiro atoms. The number of nitrogens with zero attached hydrogens (tertiary/aromatic N) is 1. The minimum atomic E-state index is 0.866. The summed E-state index contributed by atoms with van der Waals surface area (Å²) in [5.74, 6) is 0.866. The van der Waals surface area contributed by atoms with Crippen LogP contribution in [0, 0.1) is 5.92 Å². The van der Waals surface area contributed by atoms with Crippen molar-refractivity contribution < 1.29 is 0 Å². The summed E-state index contributed by atoms with van der Waals surface area (Å²) in [5.41, 5.74) is 0. The van der Waals surface area contributed by atoms with Crippen LogP contribution in [0.25, 0.3) is 0 Å². The second-order valence-corrected chi connectivity index (χ2v) is 2.75. The van der Waals surface area contributed by atoms with Gasteiger partial charge in [-0.15, -0.1) is 0 Å². The largest absolute Gasteiger partial charge is 0.300 e. The molecule has 0 radical (unpaired) electrons. The van der Waals surface area contributed by atoms with Gasteiger partial charge in [0.05, 0.1) is 0 Å². The van der Waals surface area contributed by atoms with E-state index in [0.717, 1.165) is 12.0 Å². The van der Waals surface area contributed by atoms with E-state index in [4.69, 9.17) is 0 Å². The Labute approximate surface area is 45.3 Å². The van der Waals surface area contributed by atoms with E-state index in [2.05, 4.69) is 25.8 Å². The van der Waals surface area contributed by atoms with E-state index in [-0.39, 0.29) is 0 Å². The average molecular weight is 99.2 g/mol. The maximum Gasteiger partial charge on any atom is 0.0243 e. The lowest BCUT2D eigenvalue weighted by atomic mass is 10.1. The van der Waals surface area contributed by atoms with Crippen molar-refractivity contribution in [2.24, 2.45) is 5.92 Å². The Morgan fingerprint density at radius 3 is 2.00 bits per heavy atom. The van der Waals surface area contributed by atoms with E-state index in [0.29, 0.717) is 0 Å². The lowest BCUT2D eigenvalue weighted by molar-refractivity contribution is 0.508. The van der Waals surface area contributed by atoms with Gasteiger partial charge in [0.2, 0.25) is 0 Å².